The van der Waals surface area contributed by atoms with Crippen molar-refractivity contribution < 1.29 is 24.2 Å². The van der Waals surface area contributed by atoms with Crippen LogP contribution >= 0.6 is 0 Å². The molecule has 0 atom stereocenters. The van der Waals surface area contributed by atoms with E-state index in [0.29, 0.717) is 17.1 Å². The number of amides is 1. The molecule has 0 saturated heterocycles. The van der Waals surface area contributed by atoms with E-state index in [9.17, 15) is 10.0 Å². The summed E-state index contributed by atoms with van der Waals surface area (Å²) in [5.74, 6) is 1.08. The smallest absolute Gasteiger partial charge is 0.407 e. The average molecular weight is 310 g/mol. The van der Waals surface area contributed by atoms with Gasteiger partial charge < -0.3 is 24.7 Å². The van der Waals surface area contributed by atoms with Gasteiger partial charge in [0, 0.05) is 11.6 Å². The third kappa shape index (κ3) is 5.16. The van der Waals surface area contributed by atoms with Crippen LogP contribution in [0.1, 0.15) is 26.3 Å². The van der Waals surface area contributed by atoms with Gasteiger partial charge in [-0.25, -0.2) is 4.79 Å². The van der Waals surface area contributed by atoms with Gasteiger partial charge in [0.05, 0.1) is 20.8 Å². The first-order valence-electron chi connectivity index (χ1n) is 6.71. The van der Waals surface area contributed by atoms with Crippen molar-refractivity contribution in [1.29, 1.82) is 0 Å². The first-order chi connectivity index (χ1) is 10.3. The molecule has 22 heavy (non-hydrogen) atoms. The maximum absolute atomic E-state index is 11.6. The van der Waals surface area contributed by atoms with Crippen LogP contribution in [0.15, 0.2) is 23.4 Å². The summed E-state index contributed by atoms with van der Waals surface area (Å²) in [6, 6.07) is 5.05. The van der Waals surface area contributed by atoms with Crippen LogP contribution in [0.4, 0.5) is 4.79 Å². The van der Waals surface area contributed by atoms with E-state index >= 15 is 0 Å². The van der Waals surface area contributed by atoms with Crippen LogP contribution in [-0.2, 0) is 4.74 Å². The second-order valence-electron chi connectivity index (χ2n) is 5.47. The van der Waals surface area contributed by atoms with E-state index in [2.05, 4.69) is 10.5 Å². The molecule has 0 spiro atoms. The largest absolute Gasteiger partial charge is 0.497 e. The molecule has 7 nitrogen and oxygen atoms in total. The summed E-state index contributed by atoms with van der Waals surface area (Å²) < 4.78 is 15.5. The lowest BCUT2D eigenvalue weighted by molar-refractivity contribution is 0.0536. The molecule has 0 saturated carbocycles. The number of hydrogen-bond acceptors (Lipinski definition) is 6. The fourth-order valence-corrected chi connectivity index (χ4v) is 1.69. The second kappa shape index (κ2) is 7.53. The van der Waals surface area contributed by atoms with Gasteiger partial charge in [-0.2, -0.15) is 0 Å². The van der Waals surface area contributed by atoms with Gasteiger partial charge in [0.25, 0.3) is 0 Å². The van der Waals surface area contributed by atoms with Gasteiger partial charge in [0.15, 0.2) is 0 Å². The molecule has 1 aromatic carbocycles. The summed E-state index contributed by atoms with van der Waals surface area (Å²) in [4.78, 5) is 11.6. The third-order valence-electron chi connectivity index (χ3n) is 2.64. The molecule has 0 unspecified atom stereocenters. The molecule has 1 amide bonds. The Morgan fingerprint density at radius 2 is 1.95 bits per heavy atom. The van der Waals surface area contributed by atoms with E-state index in [4.69, 9.17) is 14.2 Å². The number of carbonyl (C=O) groups is 1. The summed E-state index contributed by atoms with van der Waals surface area (Å²) in [5, 5.41) is 14.9. The van der Waals surface area contributed by atoms with Crippen LogP contribution in [0, 0.1) is 0 Å². The minimum Gasteiger partial charge on any atom is -0.497 e. The molecule has 2 N–H and O–H groups in total. The van der Waals surface area contributed by atoms with Crippen LogP contribution < -0.4 is 14.8 Å². The fourth-order valence-electron chi connectivity index (χ4n) is 1.69. The number of benzene rings is 1. The van der Waals surface area contributed by atoms with E-state index in [-0.39, 0.29) is 12.3 Å². The Morgan fingerprint density at radius 1 is 1.27 bits per heavy atom. The van der Waals surface area contributed by atoms with E-state index < -0.39 is 11.7 Å². The van der Waals surface area contributed by atoms with Crippen LogP contribution in [0.2, 0.25) is 0 Å². The van der Waals surface area contributed by atoms with E-state index in [1.54, 1.807) is 46.1 Å². The normalized spacial score (nSPS) is 11.8. The lowest BCUT2D eigenvalue weighted by Crippen LogP contribution is -2.35. The third-order valence-corrected chi connectivity index (χ3v) is 2.64. The highest BCUT2D eigenvalue weighted by Crippen LogP contribution is 2.25. The van der Waals surface area contributed by atoms with Crippen molar-refractivity contribution in [3.63, 3.8) is 0 Å². The Balaban J connectivity index is 2.83. The molecular formula is C15H22N2O5. The number of methoxy groups -OCH3 is 2. The monoisotopic (exact) mass is 310 g/mol. The van der Waals surface area contributed by atoms with Crippen molar-refractivity contribution in [3.05, 3.63) is 23.8 Å². The number of alkyl carbamates (subject to hydrolysis) is 1. The average Bonchev–Trinajstić information content (AvgIpc) is 2.46. The fraction of sp³-hybridized carbons (Fsp3) is 0.467. The number of oxime groups is 1. The van der Waals surface area contributed by atoms with Gasteiger partial charge in [-0.15, -0.1) is 0 Å². The Bertz CT molecular complexity index is 549. The summed E-state index contributed by atoms with van der Waals surface area (Å²) in [6.07, 6.45) is -0.596. The van der Waals surface area contributed by atoms with Gasteiger partial charge in [0.1, 0.15) is 22.8 Å². The quantitative estimate of drug-likeness (QED) is 0.495. The van der Waals surface area contributed by atoms with Crippen LogP contribution in [0.25, 0.3) is 0 Å². The van der Waals surface area contributed by atoms with E-state index in [1.807, 2.05) is 0 Å². The molecule has 7 heteroatoms. The zero-order valence-corrected chi connectivity index (χ0v) is 13.5. The predicted octanol–water partition coefficient (Wildman–Crippen LogP) is 2.41. The Morgan fingerprint density at radius 3 is 2.45 bits per heavy atom. The van der Waals surface area contributed by atoms with E-state index in [0.717, 1.165) is 0 Å². The molecule has 0 radical (unpaired) electrons. The first kappa shape index (κ1) is 17.6. The van der Waals surface area contributed by atoms with Crippen LogP contribution in [0.5, 0.6) is 11.5 Å². The van der Waals surface area contributed by atoms with Crippen LogP contribution in [0.3, 0.4) is 0 Å². The number of nitrogens with zero attached hydrogens (tertiary/aromatic N) is 1. The molecule has 0 aliphatic rings. The minimum absolute atomic E-state index is 0.00585. The molecule has 0 fully saturated rings. The highest BCUT2D eigenvalue weighted by Gasteiger charge is 2.18. The Labute approximate surface area is 129 Å². The summed E-state index contributed by atoms with van der Waals surface area (Å²) in [5.41, 5.74) is 0.186. The Hall–Kier alpha value is -2.44. The SMILES string of the molecule is COc1ccc(/C(CNC(=O)OC(C)(C)C)=N\O)c(OC)c1. The number of ether oxygens (including phenoxy) is 3. The van der Waals surface area contributed by atoms with Crippen molar-refractivity contribution in [2.75, 3.05) is 20.8 Å². The van der Waals surface area contributed by atoms with E-state index in [1.165, 1.54) is 7.11 Å². The Kier molecular flexibility index (Phi) is 6.03. The second-order valence-corrected chi connectivity index (χ2v) is 5.47. The van der Waals surface area contributed by atoms with Crippen molar-refractivity contribution in [2.45, 2.75) is 26.4 Å². The molecule has 0 aliphatic heterocycles. The van der Waals surface area contributed by atoms with Gasteiger partial charge in [-0.1, -0.05) is 5.16 Å². The lowest BCUT2D eigenvalue weighted by atomic mass is 10.1. The molecule has 1 aromatic rings. The molecule has 0 bridgehead atoms. The molecule has 122 valence electrons. The topological polar surface area (TPSA) is 89.4 Å². The number of carbonyl (C=O) groups excluding carboxylic acids is 1. The summed E-state index contributed by atoms with van der Waals surface area (Å²) in [7, 11) is 3.04. The van der Waals surface area contributed by atoms with Crippen molar-refractivity contribution in [3.8, 4) is 11.5 Å². The maximum atomic E-state index is 11.6. The molecule has 0 aliphatic carbocycles. The van der Waals surface area contributed by atoms with Crippen molar-refractivity contribution in [1.82, 2.24) is 5.32 Å². The van der Waals surface area contributed by atoms with Crippen molar-refractivity contribution >= 4 is 11.8 Å². The number of hydrogen-bond donors (Lipinski definition) is 2. The van der Waals surface area contributed by atoms with Gasteiger partial charge in [-0.05, 0) is 32.9 Å². The maximum Gasteiger partial charge on any atom is 0.407 e. The van der Waals surface area contributed by atoms with Gasteiger partial charge >= 0.3 is 6.09 Å². The van der Waals surface area contributed by atoms with Crippen LogP contribution in [-0.4, -0.2) is 43.4 Å². The zero-order valence-electron chi connectivity index (χ0n) is 13.5. The zero-order chi connectivity index (χ0) is 16.8. The summed E-state index contributed by atoms with van der Waals surface area (Å²) in [6.45, 7) is 5.29. The highest BCUT2D eigenvalue weighted by molar-refractivity contribution is 6.05. The highest BCUT2D eigenvalue weighted by atomic mass is 16.6. The first-order valence-corrected chi connectivity index (χ1v) is 6.71. The standard InChI is InChI=1S/C15H22N2O5/c1-15(2,3)22-14(18)16-9-12(17-19)11-7-6-10(20-4)8-13(11)21-5/h6-8,19H,9H2,1-5H3,(H,16,18)/b17-12-. The predicted molar refractivity (Wildman–Crippen MR) is 82.1 cm³/mol. The number of nitrogens with one attached hydrogen (secondary N) is 1. The molecule has 0 aromatic heterocycles. The molecular weight excluding hydrogens is 288 g/mol. The summed E-state index contributed by atoms with van der Waals surface area (Å²) >= 11 is 0. The minimum atomic E-state index is -0.599. The van der Waals surface area contributed by atoms with Crippen molar-refractivity contribution in [2.24, 2.45) is 5.16 Å². The van der Waals surface area contributed by atoms with Gasteiger partial charge in [0.2, 0.25) is 0 Å². The molecule has 0 heterocycles. The number of rotatable bonds is 5. The van der Waals surface area contributed by atoms with Gasteiger partial charge in [-0.3, -0.25) is 0 Å². The lowest BCUT2D eigenvalue weighted by Gasteiger charge is -2.20. The molecule has 1 rings (SSSR count).